The SMILES string of the molecule is CC(=O)NC[C@H](NC(=O)c1ccc(C#C/C=C/c2ccc(CN3CCOCC3)cc2)cc1)C(=O)O. The molecule has 3 N–H and O–H groups in total. The van der Waals surface area contributed by atoms with Crippen molar-refractivity contribution in [3.63, 3.8) is 0 Å². The summed E-state index contributed by atoms with van der Waals surface area (Å²) in [6.07, 6.45) is 3.71. The summed E-state index contributed by atoms with van der Waals surface area (Å²) in [5.74, 6) is 3.85. The molecule has 0 radical (unpaired) electrons. The van der Waals surface area contributed by atoms with E-state index in [1.54, 1.807) is 30.3 Å². The first-order valence-corrected chi connectivity index (χ1v) is 11.4. The van der Waals surface area contributed by atoms with Gasteiger partial charge in [0.25, 0.3) is 5.91 Å². The minimum absolute atomic E-state index is 0.192. The van der Waals surface area contributed by atoms with E-state index in [9.17, 15) is 19.5 Å². The molecule has 2 amide bonds. The number of aliphatic carboxylic acids is 1. The number of benzene rings is 2. The zero-order chi connectivity index (χ0) is 25.0. The molecule has 0 aromatic heterocycles. The van der Waals surface area contributed by atoms with Crippen LogP contribution in [0.2, 0.25) is 0 Å². The highest BCUT2D eigenvalue weighted by Gasteiger charge is 2.20. The number of nitrogens with one attached hydrogen (secondary N) is 2. The molecule has 1 heterocycles. The standard InChI is InChI=1S/C27H29N3O5/c1-20(31)28-18-25(27(33)34)29-26(32)24-12-10-22(11-13-24)5-3-2-4-21-6-8-23(9-7-21)19-30-14-16-35-17-15-30/h2,4,6-13,25H,14-19H2,1H3,(H,28,31)(H,29,32)(H,33,34)/b4-2+/t25-/m0/s1. The number of carboxylic acids is 1. The molecule has 1 aliphatic heterocycles. The number of ether oxygens (including phenoxy) is 1. The number of carboxylic acid groups (broad SMARTS) is 1. The minimum atomic E-state index is -1.23. The first-order chi connectivity index (χ1) is 16.9. The number of carbonyl (C=O) groups excluding carboxylic acids is 2. The van der Waals surface area contributed by atoms with Crippen LogP contribution in [0.3, 0.4) is 0 Å². The van der Waals surface area contributed by atoms with E-state index in [1.165, 1.54) is 12.5 Å². The van der Waals surface area contributed by atoms with Gasteiger partial charge in [0.05, 0.1) is 13.2 Å². The summed E-state index contributed by atoms with van der Waals surface area (Å²) in [4.78, 5) is 37.0. The third-order valence-corrected chi connectivity index (χ3v) is 5.37. The molecule has 2 aromatic carbocycles. The molecule has 1 saturated heterocycles. The molecule has 8 heteroatoms. The number of morpholine rings is 1. The number of carbonyl (C=O) groups is 3. The van der Waals surface area contributed by atoms with Gasteiger partial charge in [0, 0.05) is 44.2 Å². The summed E-state index contributed by atoms with van der Waals surface area (Å²) in [7, 11) is 0. The molecule has 182 valence electrons. The monoisotopic (exact) mass is 475 g/mol. The number of hydrogen-bond acceptors (Lipinski definition) is 5. The van der Waals surface area contributed by atoms with Crippen molar-refractivity contribution in [2.24, 2.45) is 0 Å². The smallest absolute Gasteiger partial charge is 0.328 e. The van der Waals surface area contributed by atoms with Gasteiger partial charge in [-0.25, -0.2) is 4.79 Å². The van der Waals surface area contributed by atoms with Crippen LogP contribution in [0.4, 0.5) is 0 Å². The molecule has 1 fully saturated rings. The van der Waals surface area contributed by atoms with Crippen LogP contribution in [0, 0.1) is 11.8 Å². The Morgan fingerprint density at radius 3 is 2.40 bits per heavy atom. The molecule has 1 aliphatic rings. The predicted molar refractivity (Wildman–Crippen MR) is 132 cm³/mol. The highest BCUT2D eigenvalue weighted by Crippen LogP contribution is 2.10. The molecule has 0 aliphatic carbocycles. The second kappa shape index (κ2) is 13.1. The Balaban J connectivity index is 1.51. The highest BCUT2D eigenvalue weighted by atomic mass is 16.5. The van der Waals surface area contributed by atoms with Gasteiger partial charge in [0.1, 0.15) is 6.04 Å². The average molecular weight is 476 g/mol. The van der Waals surface area contributed by atoms with Crippen LogP contribution in [0.1, 0.15) is 34.0 Å². The van der Waals surface area contributed by atoms with Crippen LogP contribution >= 0.6 is 0 Å². The van der Waals surface area contributed by atoms with Gasteiger partial charge in [0.15, 0.2) is 0 Å². The van der Waals surface area contributed by atoms with E-state index in [-0.39, 0.29) is 12.5 Å². The van der Waals surface area contributed by atoms with Crippen LogP contribution in [0.15, 0.2) is 54.6 Å². The summed E-state index contributed by atoms with van der Waals surface area (Å²) in [5.41, 5.74) is 3.35. The summed E-state index contributed by atoms with van der Waals surface area (Å²) < 4.78 is 5.38. The predicted octanol–water partition coefficient (Wildman–Crippen LogP) is 1.90. The van der Waals surface area contributed by atoms with E-state index in [4.69, 9.17) is 4.74 Å². The molecular weight excluding hydrogens is 446 g/mol. The van der Waals surface area contributed by atoms with Gasteiger partial charge in [-0.1, -0.05) is 36.1 Å². The van der Waals surface area contributed by atoms with Crippen LogP contribution in [-0.2, 0) is 20.9 Å². The number of allylic oxidation sites excluding steroid dienone is 1. The lowest BCUT2D eigenvalue weighted by atomic mass is 10.1. The summed E-state index contributed by atoms with van der Waals surface area (Å²) >= 11 is 0. The Hall–Kier alpha value is -3.93. The zero-order valence-electron chi connectivity index (χ0n) is 19.6. The Labute approximate surface area is 205 Å². The number of rotatable bonds is 8. The van der Waals surface area contributed by atoms with Crippen LogP contribution in [0.25, 0.3) is 6.08 Å². The zero-order valence-corrected chi connectivity index (χ0v) is 19.6. The molecule has 0 bridgehead atoms. The molecule has 2 aromatic rings. The van der Waals surface area contributed by atoms with E-state index >= 15 is 0 Å². The molecular formula is C27H29N3O5. The summed E-state index contributed by atoms with van der Waals surface area (Å²) in [6, 6.07) is 13.7. The molecule has 0 unspecified atom stereocenters. The normalized spacial score (nSPS) is 14.5. The van der Waals surface area contributed by atoms with Crippen molar-refractivity contribution in [1.82, 2.24) is 15.5 Å². The van der Waals surface area contributed by atoms with E-state index in [0.717, 1.165) is 44.0 Å². The van der Waals surface area contributed by atoms with Crippen LogP contribution < -0.4 is 10.6 Å². The van der Waals surface area contributed by atoms with Crippen molar-refractivity contribution < 1.29 is 24.2 Å². The number of hydrogen-bond donors (Lipinski definition) is 3. The first-order valence-electron chi connectivity index (χ1n) is 11.4. The molecule has 0 saturated carbocycles. The lowest BCUT2D eigenvalue weighted by Gasteiger charge is -2.26. The average Bonchev–Trinajstić information content (AvgIpc) is 2.86. The maximum absolute atomic E-state index is 12.3. The van der Waals surface area contributed by atoms with E-state index in [0.29, 0.717) is 5.56 Å². The van der Waals surface area contributed by atoms with Crippen molar-refractivity contribution in [3.8, 4) is 11.8 Å². The Bertz CT molecular complexity index is 1110. The summed E-state index contributed by atoms with van der Waals surface area (Å²) in [6.45, 7) is 5.52. The fraction of sp³-hybridized carbons (Fsp3) is 0.296. The molecule has 1 atom stereocenters. The number of amides is 2. The van der Waals surface area contributed by atoms with Gasteiger partial charge in [-0.15, -0.1) is 0 Å². The lowest BCUT2D eigenvalue weighted by Crippen LogP contribution is -2.48. The van der Waals surface area contributed by atoms with E-state index in [2.05, 4.69) is 51.6 Å². The van der Waals surface area contributed by atoms with Gasteiger partial charge in [0.2, 0.25) is 5.91 Å². The third kappa shape index (κ3) is 8.74. The van der Waals surface area contributed by atoms with Crippen molar-refractivity contribution in [2.75, 3.05) is 32.8 Å². The van der Waals surface area contributed by atoms with Gasteiger partial charge >= 0.3 is 5.97 Å². The topological polar surface area (TPSA) is 108 Å². The maximum Gasteiger partial charge on any atom is 0.328 e. The van der Waals surface area contributed by atoms with Gasteiger partial charge in [-0.05, 0) is 47.5 Å². The van der Waals surface area contributed by atoms with E-state index < -0.39 is 17.9 Å². The van der Waals surface area contributed by atoms with Crippen molar-refractivity contribution in [2.45, 2.75) is 19.5 Å². The second-order valence-electron chi connectivity index (χ2n) is 8.11. The molecule has 3 rings (SSSR count). The van der Waals surface area contributed by atoms with Crippen molar-refractivity contribution >= 4 is 23.9 Å². The molecule has 35 heavy (non-hydrogen) atoms. The molecule has 8 nitrogen and oxygen atoms in total. The Morgan fingerprint density at radius 2 is 1.77 bits per heavy atom. The van der Waals surface area contributed by atoms with Crippen molar-refractivity contribution in [3.05, 3.63) is 76.9 Å². The quantitative estimate of drug-likeness (QED) is 0.504. The van der Waals surface area contributed by atoms with Crippen LogP contribution in [0.5, 0.6) is 0 Å². The van der Waals surface area contributed by atoms with E-state index in [1.807, 2.05) is 6.08 Å². The minimum Gasteiger partial charge on any atom is -0.480 e. The van der Waals surface area contributed by atoms with Crippen molar-refractivity contribution in [1.29, 1.82) is 0 Å². The van der Waals surface area contributed by atoms with Crippen LogP contribution in [-0.4, -0.2) is 66.7 Å². The number of nitrogens with zero attached hydrogens (tertiary/aromatic N) is 1. The maximum atomic E-state index is 12.3. The van der Waals surface area contributed by atoms with Gasteiger partial charge < -0.3 is 20.5 Å². The van der Waals surface area contributed by atoms with Gasteiger partial charge in [-0.3, -0.25) is 14.5 Å². The fourth-order valence-electron chi connectivity index (χ4n) is 3.41. The Morgan fingerprint density at radius 1 is 1.09 bits per heavy atom. The fourth-order valence-corrected chi connectivity index (χ4v) is 3.41. The van der Waals surface area contributed by atoms with Gasteiger partial charge in [-0.2, -0.15) is 0 Å². The summed E-state index contributed by atoms with van der Waals surface area (Å²) in [5, 5.41) is 14.0. The Kier molecular flexibility index (Phi) is 9.60. The largest absolute Gasteiger partial charge is 0.480 e. The second-order valence-corrected chi connectivity index (χ2v) is 8.11. The lowest BCUT2D eigenvalue weighted by molar-refractivity contribution is -0.139. The third-order valence-electron chi connectivity index (χ3n) is 5.37. The first kappa shape index (κ1) is 25.7. The highest BCUT2D eigenvalue weighted by molar-refractivity contribution is 5.96. The molecule has 0 spiro atoms.